The molecule has 1 N–H and O–H groups in total. The Morgan fingerprint density at radius 3 is 2.62 bits per heavy atom. The van der Waals surface area contributed by atoms with E-state index in [0.717, 1.165) is 10.0 Å². The topological polar surface area (TPSA) is 55.8 Å². The minimum Gasteiger partial charge on any atom is -0.496 e. The van der Waals surface area contributed by atoms with Gasteiger partial charge in [-0.2, -0.15) is 0 Å². The van der Waals surface area contributed by atoms with Gasteiger partial charge in [0.25, 0.3) is 0 Å². The van der Waals surface area contributed by atoms with E-state index in [9.17, 15) is 4.79 Å². The second-order valence-electron chi connectivity index (χ2n) is 4.20. The molecular weight excluding hydrogens is 360 g/mol. The molecule has 21 heavy (non-hydrogen) atoms. The molecule has 6 heteroatoms. The van der Waals surface area contributed by atoms with Crippen LogP contribution >= 0.6 is 27.5 Å². The molecular formula is C15H12BrClO4. The number of hydrogen-bond donors (Lipinski definition) is 1. The van der Waals surface area contributed by atoms with Gasteiger partial charge in [-0.15, -0.1) is 0 Å². The fraction of sp³-hybridized carbons (Fsp3) is 0.133. The van der Waals surface area contributed by atoms with Gasteiger partial charge in [-0.1, -0.05) is 17.7 Å². The Balaban J connectivity index is 2.18. The van der Waals surface area contributed by atoms with E-state index in [2.05, 4.69) is 15.9 Å². The van der Waals surface area contributed by atoms with Crippen LogP contribution in [0.5, 0.6) is 11.5 Å². The second-order valence-corrected chi connectivity index (χ2v) is 5.49. The average molecular weight is 372 g/mol. The van der Waals surface area contributed by atoms with Crippen LogP contribution < -0.4 is 9.47 Å². The molecule has 0 unspecified atom stereocenters. The van der Waals surface area contributed by atoms with Crippen molar-refractivity contribution in [3.63, 3.8) is 0 Å². The zero-order chi connectivity index (χ0) is 15.4. The van der Waals surface area contributed by atoms with E-state index in [1.165, 1.54) is 18.2 Å². The highest BCUT2D eigenvalue weighted by molar-refractivity contribution is 9.10. The van der Waals surface area contributed by atoms with Crippen LogP contribution in [0.15, 0.2) is 40.9 Å². The van der Waals surface area contributed by atoms with E-state index in [-0.39, 0.29) is 17.9 Å². The van der Waals surface area contributed by atoms with Gasteiger partial charge in [0.2, 0.25) is 0 Å². The maximum Gasteiger partial charge on any atom is 0.339 e. The van der Waals surface area contributed by atoms with Gasteiger partial charge < -0.3 is 14.6 Å². The van der Waals surface area contributed by atoms with Gasteiger partial charge >= 0.3 is 5.97 Å². The first kappa shape index (κ1) is 15.7. The van der Waals surface area contributed by atoms with Crippen molar-refractivity contribution < 1.29 is 19.4 Å². The molecule has 2 rings (SSSR count). The molecule has 0 spiro atoms. The van der Waals surface area contributed by atoms with Crippen LogP contribution in [0.3, 0.4) is 0 Å². The summed E-state index contributed by atoms with van der Waals surface area (Å²) < 4.78 is 11.5. The molecule has 0 amide bonds. The second kappa shape index (κ2) is 6.83. The van der Waals surface area contributed by atoms with Crippen molar-refractivity contribution in [3.05, 3.63) is 57.0 Å². The summed E-state index contributed by atoms with van der Waals surface area (Å²) in [5, 5.41) is 9.54. The predicted molar refractivity (Wildman–Crippen MR) is 83.4 cm³/mol. The highest BCUT2D eigenvalue weighted by atomic mass is 79.9. The zero-order valence-electron chi connectivity index (χ0n) is 11.1. The molecule has 0 saturated heterocycles. The molecule has 0 aliphatic heterocycles. The van der Waals surface area contributed by atoms with Crippen molar-refractivity contribution in [1.82, 2.24) is 0 Å². The number of carboxylic acids is 1. The lowest BCUT2D eigenvalue weighted by molar-refractivity contribution is 0.0692. The third-order valence-corrected chi connectivity index (χ3v) is 3.64. The van der Waals surface area contributed by atoms with Crippen LogP contribution in [0.25, 0.3) is 0 Å². The summed E-state index contributed by atoms with van der Waals surface area (Å²) in [6.07, 6.45) is 0. The quantitative estimate of drug-likeness (QED) is 0.847. The molecule has 0 fully saturated rings. The van der Waals surface area contributed by atoms with Gasteiger partial charge in [0.15, 0.2) is 0 Å². The molecule has 2 aromatic carbocycles. The van der Waals surface area contributed by atoms with E-state index in [1.807, 2.05) is 12.1 Å². The lowest BCUT2D eigenvalue weighted by Crippen LogP contribution is -2.03. The van der Waals surface area contributed by atoms with E-state index in [0.29, 0.717) is 10.8 Å². The summed E-state index contributed by atoms with van der Waals surface area (Å²) in [6.45, 7) is 0.225. The van der Waals surface area contributed by atoms with E-state index in [4.69, 9.17) is 26.2 Å². The first-order valence-electron chi connectivity index (χ1n) is 5.99. The van der Waals surface area contributed by atoms with Crippen molar-refractivity contribution in [1.29, 1.82) is 0 Å². The molecule has 0 radical (unpaired) electrons. The number of ether oxygens (including phenoxy) is 2. The van der Waals surface area contributed by atoms with E-state index >= 15 is 0 Å². The van der Waals surface area contributed by atoms with Crippen LogP contribution in [-0.2, 0) is 6.61 Å². The lowest BCUT2D eigenvalue weighted by Gasteiger charge is -2.11. The fourth-order valence-electron chi connectivity index (χ4n) is 1.75. The number of benzene rings is 2. The summed E-state index contributed by atoms with van der Waals surface area (Å²) in [6, 6.07) is 9.92. The van der Waals surface area contributed by atoms with Gasteiger partial charge in [0.05, 0.1) is 11.6 Å². The molecule has 2 aromatic rings. The Labute approximate surface area is 135 Å². The van der Waals surface area contributed by atoms with Gasteiger partial charge in [-0.3, -0.25) is 0 Å². The first-order chi connectivity index (χ1) is 10.0. The average Bonchev–Trinajstić information content (AvgIpc) is 2.45. The molecule has 0 aromatic heterocycles. The molecule has 0 saturated carbocycles. The summed E-state index contributed by atoms with van der Waals surface area (Å²) in [5.41, 5.74) is 0.950. The number of rotatable bonds is 5. The number of carboxylic acid groups (broad SMARTS) is 1. The van der Waals surface area contributed by atoms with Crippen LogP contribution in [0.1, 0.15) is 15.9 Å². The Hall–Kier alpha value is -1.72. The van der Waals surface area contributed by atoms with Gasteiger partial charge in [-0.25, -0.2) is 4.79 Å². The van der Waals surface area contributed by atoms with Crippen molar-refractivity contribution in [2.75, 3.05) is 7.11 Å². The Kier molecular flexibility index (Phi) is 5.09. The third-order valence-electron chi connectivity index (χ3n) is 2.78. The minimum absolute atomic E-state index is 0.0759. The number of aromatic carboxylic acids is 1. The molecule has 110 valence electrons. The number of halogens is 2. The highest BCUT2D eigenvalue weighted by Gasteiger charge is 2.12. The Morgan fingerprint density at radius 2 is 2.00 bits per heavy atom. The van der Waals surface area contributed by atoms with Crippen LogP contribution in [0, 0.1) is 0 Å². The van der Waals surface area contributed by atoms with Gasteiger partial charge in [0.1, 0.15) is 23.7 Å². The van der Waals surface area contributed by atoms with Crippen molar-refractivity contribution in [3.8, 4) is 11.5 Å². The molecule has 0 aliphatic rings. The van der Waals surface area contributed by atoms with Crippen LogP contribution in [0.2, 0.25) is 5.02 Å². The van der Waals surface area contributed by atoms with E-state index in [1.54, 1.807) is 13.2 Å². The smallest absolute Gasteiger partial charge is 0.339 e. The van der Waals surface area contributed by atoms with Crippen molar-refractivity contribution in [2.45, 2.75) is 6.61 Å². The standard InChI is InChI=1S/C15H12BrClO4/c1-20-13-5-2-9(6-12(13)16)8-21-14-7-10(17)3-4-11(14)15(18)19/h2-7H,8H2,1H3,(H,18,19). The number of hydrogen-bond acceptors (Lipinski definition) is 3. The lowest BCUT2D eigenvalue weighted by atomic mass is 10.2. The van der Waals surface area contributed by atoms with Crippen LogP contribution in [0.4, 0.5) is 0 Å². The summed E-state index contributed by atoms with van der Waals surface area (Å²) in [7, 11) is 1.58. The van der Waals surface area contributed by atoms with E-state index < -0.39 is 5.97 Å². The fourth-order valence-corrected chi connectivity index (χ4v) is 2.50. The maximum absolute atomic E-state index is 11.1. The van der Waals surface area contributed by atoms with Gasteiger partial charge in [-0.05, 0) is 51.8 Å². The third kappa shape index (κ3) is 3.89. The Bertz CT molecular complexity index is 673. The monoisotopic (exact) mass is 370 g/mol. The van der Waals surface area contributed by atoms with Crippen LogP contribution in [-0.4, -0.2) is 18.2 Å². The minimum atomic E-state index is -1.06. The van der Waals surface area contributed by atoms with Crippen molar-refractivity contribution in [2.24, 2.45) is 0 Å². The Morgan fingerprint density at radius 1 is 1.24 bits per heavy atom. The molecule has 0 heterocycles. The molecule has 0 aliphatic carbocycles. The highest BCUT2D eigenvalue weighted by Crippen LogP contribution is 2.28. The first-order valence-corrected chi connectivity index (χ1v) is 7.16. The van der Waals surface area contributed by atoms with Crippen molar-refractivity contribution >= 4 is 33.5 Å². The SMILES string of the molecule is COc1ccc(COc2cc(Cl)ccc2C(=O)O)cc1Br. The molecule has 4 nitrogen and oxygen atoms in total. The normalized spacial score (nSPS) is 10.2. The summed E-state index contributed by atoms with van der Waals surface area (Å²) in [4.78, 5) is 11.1. The number of methoxy groups -OCH3 is 1. The molecule has 0 bridgehead atoms. The summed E-state index contributed by atoms with van der Waals surface area (Å²) in [5.74, 6) is -0.104. The molecule has 0 atom stereocenters. The zero-order valence-corrected chi connectivity index (χ0v) is 13.4. The largest absolute Gasteiger partial charge is 0.496 e. The van der Waals surface area contributed by atoms with Gasteiger partial charge in [0, 0.05) is 5.02 Å². The predicted octanol–water partition coefficient (Wildman–Crippen LogP) is 4.39. The number of carbonyl (C=O) groups is 1. The summed E-state index contributed by atoms with van der Waals surface area (Å²) >= 11 is 9.26. The maximum atomic E-state index is 11.1.